The maximum absolute atomic E-state index is 4.22. The van der Waals surface area contributed by atoms with Crippen LogP contribution in [0, 0.1) is 6.92 Å². The van der Waals surface area contributed by atoms with Gasteiger partial charge in [0.2, 0.25) is 5.13 Å². The van der Waals surface area contributed by atoms with Crippen molar-refractivity contribution < 1.29 is 0 Å². The second-order valence-corrected chi connectivity index (χ2v) is 3.77. The van der Waals surface area contributed by atoms with Crippen LogP contribution < -0.4 is 5.32 Å². The molecule has 0 saturated heterocycles. The Morgan fingerprint density at radius 2 is 2.50 bits per heavy atom. The van der Waals surface area contributed by atoms with Gasteiger partial charge in [-0.3, -0.25) is 0 Å². The zero-order valence-electron chi connectivity index (χ0n) is 7.95. The summed E-state index contributed by atoms with van der Waals surface area (Å²) in [7, 11) is 0. The molecule has 14 heavy (non-hydrogen) atoms. The fourth-order valence-corrected chi connectivity index (χ4v) is 1.79. The first-order valence-corrected chi connectivity index (χ1v) is 5.28. The summed E-state index contributed by atoms with van der Waals surface area (Å²) < 4.78 is 4.09. The second-order valence-electron chi connectivity index (χ2n) is 3.02. The number of aryl methyl sites for hydroxylation is 1. The lowest BCUT2D eigenvalue weighted by Crippen LogP contribution is -2.04. The molecule has 0 radical (unpaired) electrons. The predicted octanol–water partition coefficient (Wildman–Crippen LogP) is 1.83. The van der Waals surface area contributed by atoms with E-state index in [9.17, 15) is 0 Å². The first-order chi connectivity index (χ1) is 6.84. The molecule has 0 aliphatic heterocycles. The molecule has 0 atom stereocenters. The Morgan fingerprint density at radius 1 is 1.57 bits per heavy atom. The van der Waals surface area contributed by atoms with E-state index in [0.717, 1.165) is 23.9 Å². The highest BCUT2D eigenvalue weighted by Gasteiger charge is 1.98. The van der Waals surface area contributed by atoms with Crippen LogP contribution >= 0.6 is 11.5 Å². The minimum Gasteiger partial charge on any atom is -0.365 e. The predicted molar refractivity (Wildman–Crippen MR) is 57.6 cm³/mol. The van der Waals surface area contributed by atoms with Gasteiger partial charge in [-0.05, 0) is 19.1 Å². The summed E-state index contributed by atoms with van der Waals surface area (Å²) in [6, 6.07) is 4.08. The number of H-pyrrole nitrogens is 1. The van der Waals surface area contributed by atoms with E-state index in [4.69, 9.17) is 0 Å². The second kappa shape index (κ2) is 4.23. The van der Waals surface area contributed by atoms with Gasteiger partial charge in [0, 0.05) is 36.4 Å². The number of hydrogen-bond donors (Lipinski definition) is 2. The van der Waals surface area contributed by atoms with Gasteiger partial charge >= 0.3 is 0 Å². The molecular formula is C9H12N4S. The molecule has 5 heteroatoms. The summed E-state index contributed by atoms with van der Waals surface area (Å²) in [6.07, 6.45) is 2.91. The smallest absolute Gasteiger partial charge is 0.202 e. The summed E-state index contributed by atoms with van der Waals surface area (Å²) in [6.45, 7) is 2.78. The zero-order valence-corrected chi connectivity index (χ0v) is 8.77. The summed E-state index contributed by atoms with van der Waals surface area (Å²) in [5.74, 6) is 0.831. The standard InChI is InChI=1S/C9H12N4S/c1-7-12-9(14-13-7)11-6-4-8-3-2-5-10-8/h2-3,5,10H,4,6H2,1H3,(H,11,12,13). The number of rotatable bonds is 4. The van der Waals surface area contributed by atoms with Gasteiger partial charge in [0.15, 0.2) is 0 Å². The molecule has 2 aromatic rings. The molecule has 0 unspecified atom stereocenters. The molecular weight excluding hydrogens is 196 g/mol. The lowest BCUT2D eigenvalue weighted by atomic mass is 10.3. The van der Waals surface area contributed by atoms with E-state index < -0.39 is 0 Å². The highest BCUT2D eigenvalue weighted by molar-refractivity contribution is 7.09. The van der Waals surface area contributed by atoms with Gasteiger partial charge in [0.05, 0.1) is 0 Å². The van der Waals surface area contributed by atoms with E-state index in [1.165, 1.54) is 17.2 Å². The normalized spacial score (nSPS) is 10.4. The topological polar surface area (TPSA) is 53.6 Å². The van der Waals surface area contributed by atoms with Crippen molar-refractivity contribution in [3.05, 3.63) is 29.8 Å². The molecule has 2 rings (SSSR count). The minimum absolute atomic E-state index is 0.831. The highest BCUT2D eigenvalue weighted by Crippen LogP contribution is 2.09. The Bertz CT molecular complexity index is 379. The maximum atomic E-state index is 4.22. The van der Waals surface area contributed by atoms with E-state index in [1.807, 2.05) is 19.2 Å². The molecule has 0 saturated carbocycles. The fraction of sp³-hybridized carbons (Fsp3) is 0.333. The first-order valence-electron chi connectivity index (χ1n) is 4.51. The highest BCUT2D eigenvalue weighted by atomic mass is 32.1. The summed E-state index contributed by atoms with van der Waals surface area (Å²) in [5, 5.41) is 4.13. The minimum atomic E-state index is 0.831. The molecule has 0 aromatic carbocycles. The zero-order chi connectivity index (χ0) is 9.80. The number of aromatic nitrogens is 3. The molecule has 0 bridgehead atoms. The van der Waals surface area contributed by atoms with Crippen molar-refractivity contribution in [2.45, 2.75) is 13.3 Å². The molecule has 2 aromatic heterocycles. The molecule has 0 amide bonds. The monoisotopic (exact) mass is 208 g/mol. The van der Waals surface area contributed by atoms with Crippen LogP contribution in [0.1, 0.15) is 11.5 Å². The lowest BCUT2D eigenvalue weighted by Gasteiger charge is -1.99. The van der Waals surface area contributed by atoms with Gasteiger partial charge in [0.25, 0.3) is 0 Å². The SMILES string of the molecule is Cc1nsc(NCCc2ccc[nH]2)n1. The Kier molecular flexibility index (Phi) is 2.78. The first kappa shape index (κ1) is 9.21. The van der Waals surface area contributed by atoms with Crippen molar-refractivity contribution >= 4 is 16.7 Å². The van der Waals surface area contributed by atoms with Crippen LogP contribution in [0.15, 0.2) is 18.3 Å². The van der Waals surface area contributed by atoms with Gasteiger partial charge in [-0.1, -0.05) is 0 Å². The van der Waals surface area contributed by atoms with Crippen LogP contribution in [0.2, 0.25) is 0 Å². The van der Waals surface area contributed by atoms with Crippen molar-refractivity contribution in [1.82, 2.24) is 14.3 Å². The number of anilines is 1. The van der Waals surface area contributed by atoms with Gasteiger partial charge in [0.1, 0.15) is 5.82 Å². The Balaban J connectivity index is 1.78. The largest absolute Gasteiger partial charge is 0.365 e. The molecule has 0 aliphatic carbocycles. The van der Waals surface area contributed by atoms with Crippen molar-refractivity contribution in [2.24, 2.45) is 0 Å². The van der Waals surface area contributed by atoms with E-state index in [1.54, 1.807) is 0 Å². The number of nitrogens with zero attached hydrogens (tertiary/aromatic N) is 2. The molecule has 0 fully saturated rings. The summed E-state index contributed by atoms with van der Waals surface area (Å²) >= 11 is 1.40. The quantitative estimate of drug-likeness (QED) is 0.806. The third-order valence-electron chi connectivity index (χ3n) is 1.86. The molecule has 0 aliphatic rings. The average molecular weight is 208 g/mol. The van der Waals surface area contributed by atoms with Crippen LogP contribution in [0.25, 0.3) is 0 Å². The van der Waals surface area contributed by atoms with Crippen LogP contribution in [0.5, 0.6) is 0 Å². The fourth-order valence-electron chi connectivity index (χ4n) is 1.20. The van der Waals surface area contributed by atoms with Gasteiger partial charge in [-0.25, -0.2) is 4.98 Å². The van der Waals surface area contributed by atoms with Gasteiger partial charge in [-0.15, -0.1) is 0 Å². The number of hydrogen-bond acceptors (Lipinski definition) is 4. The van der Waals surface area contributed by atoms with E-state index in [-0.39, 0.29) is 0 Å². The van der Waals surface area contributed by atoms with Crippen molar-refractivity contribution in [2.75, 3.05) is 11.9 Å². The number of aromatic amines is 1. The van der Waals surface area contributed by atoms with E-state index in [0.29, 0.717) is 0 Å². The third kappa shape index (κ3) is 2.32. The average Bonchev–Trinajstić information content (AvgIpc) is 2.77. The molecule has 74 valence electrons. The van der Waals surface area contributed by atoms with E-state index >= 15 is 0 Å². The third-order valence-corrected chi connectivity index (χ3v) is 2.62. The van der Waals surface area contributed by atoms with Crippen LogP contribution in [0.3, 0.4) is 0 Å². The lowest BCUT2D eigenvalue weighted by molar-refractivity contribution is 0.971. The van der Waals surface area contributed by atoms with Crippen molar-refractivity contribution in [3.8, 4) is 0 Å². The summed E-state index contributed by atoms with van der Waals surface area (Å²) in [4.78, 5) is 7.37. The molecule has 2 heterocycles. The number of nitrogens with one attached hydrogen (secondary N) is 2. The van der Waals surface area contributed by atoms with Crippen LogP contribution in [-0.2, 0) is 6.42 Å². The van der Waals surface area contributed by atoms with Gasteiger partial charge < -0.3 is 10.3 Å². The van der Waals surface area contributed by atoms with Crippen molar-refractivity contribution in [3.63, 3.8) is 0 Å². The van der Waals surface area contributed by atoms with E-state index in [2.05, 4.69) is 25.7 Å². The Labute approximate surface area is 86.6 Å². The molecule has 4 nitrogen and oxygen atoms in total. The summed E-state index contributed by atoms with van der Waals surface area (Å²) in [5.41, 5.74) is 1.23. The van der Waals surface area contributed by atoms with Gasteiger partial charge in [-0.2, -0.15) is 4.37 Å². The van der Waals surface area contributed by atoms with Crippen LogP contribution in [0.4, 0.5) is 5.13 Å². The maximum Gasteiger partial charge on any atom is 0.202 e. The van der Waals surface area contributed by atoms with Crippen molar-refractivity contribution in [1.29, 1.82) is 0 Å². The van der Waals surface area contributed by atoms with Crippen LogP contribution in [-0.4, -0.2) is 20.9 Å². The Hall–Kier alpha value is -1.36. The molecule has 2 N–H and O–H groups in total. The Morgan fingerprint density at radius 3 is 3.14 bits per heavy atom. The molecule has 0 spiro atoms.